The van der Waals surface area contributed by atoms with Crippen LogP contribution >= 0.6 is 0 Å². The van der Waals surface area contributed by atoms with E-state index in [0.717, 1.165) is 11.6 Å². The van der Waals surface area contributed by atoms with Crippen molar-refractivity contribution in [2.24, 2.45) is 0 Å². The van der Waals surface area contributed by atoms with Gasteiger partial charge >= 0.3 is 6.18 Å². The fraction of sp³-hybridized carbons (Fsp3) is 0.318. The molecule has 0 aliphatic carbocycles. The molecule has 0 amide bonds. The number of carbonyl (C=O) groups excluding carboxylic acids is 1. The molecule has 2 aromatic carbocycles. The van der Waals surface area contributed by atoms with Gasteiger partial charge in [-0.1, -0.05) is 0 Å². The fourth-order valence-corrected chi connectivity index (χ4v) is 4.21. The van der Waals surface area contributed by atoms with Crippen LogP contribution in [0.5, 0.6) is 5.75 Å². The summed E-state index contributed by atoms with van der Waals surface area (Å²) in [7, 11) is 1.82. The summed E-state index contributed by atoms with van der Waals surface area (Å²) >= 11 is 0. The van der Waals surface area contributed by atoms with E-state index in [0.29, 0.717) is 22.6 Å². The number of benzene rings is 2. The first-order valence-corrected chi connectivity index (χ1v) is 8.96. The Balaban J connectivity index is 1.83. The lowest BCUT2D eigenvalue weighted by atomic mass is 9.76. The molecule has 0 radical (unpaired) electrons. The Morgan fingerprint density at radius 1 is 1.11 bits per heavy atom. The zero-order chi connectivity index (χ0) is 20.5. The summed E-state index contributed by atoms with van der Waals surface area (Å²) in [4.78, 5) is 13.5. The van der Waals surface area contributed by atoms with Gasteiger partial charge in [0.1, 0.15) is 5.75 Å². The predicted octanol–water partition coefficient (Wildman–Crippen LogP) is 5.44. The molecule has 3 nitrogen and oxygen atoms in total. The Morgan fingerprint density at radius 3 is 2.46 bits per heavy atom. The molecule has 2 heterocycles. The van der Waals surface area contributed by atoms with Gasteiger partial charge in [-0.05, 0) is 74.9 Å². The van der Waals surface area contributed by atoms with E-state index in [1.54, 1.807) is 18.2 Å². The van der Waals surface area contributed by atoms with E-state index in [4.69, 9.17) is 4.74 Å². The van der Waals surface area contributed by atoms with Crippen LogP contribution in [0.25, 0.3) is 6.08 Å². The lowest BCUT2D eigenvalue weighted by Crippen LogP contribution is -2.58. The first-order chi connectivity index (χ1) is 13.0. The lowest BCUT2D eigenvalue weighted by Gasteiger charge is -2.45. The van der Waals surface area contributed by atoms with Gasteiger partial charge in [-0.15, -0.1) is 0 Å². The second kappa shape index (κ2) is 5.63. The van der Waals surface area contributed by atoms with Gasteiger partial charge < -0.3 is 9.64 Å². The van der Waals surface area contributed by atoms with Crippen LogP contribution in [0.2, 0.25) is 0 Å². The van der Waals surface area contributed by atoms with Crippen molar-refractivity contribution in [1.29, 1.82) is 0 Å². The second-order valence-electron chi connectivity index (χ2n) is 7.85. The largest absolute Gasteiger partial charge is 0.463 e. The van der Waals surface area contributed by atoms with Gasteiger partial charge in [0.2, 0.25) is 5.72 Å². The highest BCUT2D eigenvalue weighted by atomic mass is 19.4. The molecule has 2 aromatic rings. The monoisotopic (exact) mass is 387 g/mol. The number of fused-ring (bicyclic) bond motifs is 2. The van der Waals surface area contributed by atoms with E-state index in [1.165, 1.54) is 19.1 Å². The zero-order valence-corrected chi connectivity index (χ0v) is 16.0. The highest BCUT2D eigenvalue weighted by molar-refractivity contribution is 5.95. The average molecular weight is 387 g/mol. The number of halogens is 3. The van der Waals surface area contributed by atoms with Crippen LogP contribution in [-0.2, 0) is 11.6 Å². The molecule has 0 fully saturated rings. The number of rotatable bonds is 1. The van der Waals surface area contributed by atoms with Crippen molar-refractivity contribution < 1.29 is 22.7 Å². The Hall–Kier alpha value is -2.76. The fourth-order valence-electron chi connectivity index (χ4n) is 4.21. The number of hydrogen-bond acceptors (Lipinski definition) is 3. The third kappa shape index (κ3) is 2.40. The SMILES string of the molecule is CC(=O)c1ccc2c(c1)C=CC1(O2)N(C)c2ccc(C(F)(F)F)cc2C1(C)C. The summed E-state index contributed by atoms with van der Waals surface area (Å²) in [6.07, 6.45) is -0.662. The van der Waals surface area contributed by atoms with Crippen molar-refractivity contribution in [3.8, 4) is 5.75 Å². The van der Waals surface area contributed by atoms with E-state index in [1.807, 2.05) is 37.9 Å². The van der Waals surface area contributed by atoms with Gasteiger partial charge in [-0.25, -0.2) is 0 Å². The van der Waals surface area contributed by atoms with Crippen molar-refractivity contribution in [3.05, 3.63) is 64.7 Å². The van der Waals surface area contributed by atoms with Gasteiger partial charge in [-0.3, -0.25) is 4.79 Å². The average Bonchev–Trinajstić information content (AvgIpc) is 2.79. The van der Waals surface area contributed by atoms with Crippen molar-refractivity contribution in [2.45, 2.75) is 38.1 Å². The minimum absolute atomic E-state index is 0.0399. The molecule has 1 atom stereocenters. The van der Waals surface area contributed by atoms with E-state index in [2.05, 4.69) is 0 Å². The molecular formula is C22H20F3NO2. The second-order valence-corrected chi connectivity index (χ2v) is 7.85. The standard InChI is InChI=1S/C22H20F3NO2/c1-13(27)14-5-8-19-15(11-14)9-10-21(28-19)20(2,3)17-12-16(22(23,24)25)6-7-18(17)26(21)4/h5-12H,1-4H3. The maximum atomic E-state index is 13.3. The van der Waals surface area contributed by atoms with Gasteiger partial charge in [-0.2, -0.15) is 13.2 Å². The molecule has 0 saturated heterocycles. The molecule has 4 rings (SSSR count). The number of anilines is 1. The molecule has 0 N–H and O–H groups in total. The molecule has 1 unspecified atom stereocenters. The van der Waals surface area contributed by atoms with Crippen LogP contribution in [0.15, 0.2) is 42.5 Å². The highest BCUT2D eigenvalue weighted by Crippen LogP contribution is 2.55. The summed E-state index contributed by atoms with van der Waals surface area (Å²) < 4.78 is 46.2. The number of ether oxygens (including phenoxy) is 1. The molecule has 6 heteroatoms. The van der Waals surface area contributed by atoms with Crippen LogP contribution in [0.4, 0.5) is 18.9 Å². The summed E-state index contributed by atoms with van der Waals surface area (Å²) in [6, 6.07) is 9.02. The Bertz CT molecular complexity index is 1020. The van der Waals surface area contributed by atoms with E-state index < -0.39 is 22.9 Å². The van der Waals surface area contributed by atoms with Crippen molar-refractivity contribution >= 4 is 17.5 Å². The minimum Gasteiger partial charge on any atom is -0.463 e. The molecule has 1 spiro atoms. The summed E-state index contributed by atoms with van der Waals surface area (Å²) in [5.41, 5.74) is 0.256. The number of alkyl halides is 3. The first kappa shape index (κ1) is 18.6. The van der Waals surface area contributed by atoms with Crippen LogP contribution in [0, 0.1) is 0 Å². The molecule has 2 aliphatic rings. The first-order valence-electron chi connectivity index (χ1n) is 8.96. The van der Waals surface area contributed by atoms with Crippen molar-refractivity contribution in [3.63, 3.8) is 0 Å². The smallest absolute Gasteiger partial charge is 0.416 e. The number of Topliss-reactive ketones (excluding diaryl/α,β-unsaturated/α-hetero) is 1. The van der Waals surface area contributed by atoms with Gasteiger partial charge in [0.15, 0.2) is 5.78 Å². The summed E-state index contributed by atoms with van der Waals surface area (Å²) in [6.45, 7) is 5.27. The number of hydrogen-bond donors (Lipinski definition) is 0. The number of nitrogens with zero attached hydrogens (tertiary/aromatic N) is 1. The van der Waals surface area contributed by atoms with Crippen LogP contribution in [0.1, 0.15) is 47.8 Å². The van der Waals surface area contributed by atoms with Crippen LogP contribution < -0.4 is 9.64 Å². The topological polar surface area (TPSA) is 29.5 Å². The molecule has 0 saturated carbocycles. The number of carbonyl (C=O) groups is 1. The van der Waals surface area contributed by atoms with Gasteiger partial charge in [0.05, 0.1) is 11.0 Å². The Kier molecular flexibility index (Phi) is 3.74. The lowest BCUT2D eigenvalue weighted by molar-refractivity contribution is -0.137. The molecular weight excluding hydrogens is 367 g/mol. The molecule has 2 aliphatic heterocycles. The Labute approximate surface area is 161 Å². The van der Waals surface area contributed by atoms with Crippen molar-refractivity contribution in [2.75, 3.05) is 11.9 Å². The zero-order valence-electron chi connectivity index (χ0n) is 16.0. The van der Waals surface area contributed by atoms with E-state index in [-0.39, 0.29) is 5.78 Å². The maximum Gasteiger partial charge on any atom is 0.416 e. The molecule has 28 heavy (non-hydrogen) atoms. The van der Waals surface area contributed by atoms with Gasteiger partial charge in [0.25, 0.3) is 0 Å². The third-order valence-electron chi connectivity index (χ3n) is 5.92. The molecule has 0 aromatic heterocycles. The normalized spacial score (nSPS) is 22.0. The van der Waals surface area contributed by atoms with Crippen LogP contribution in [0.3, 0.4) is 0 Å². The minimum atomic E-state index is -4.40. The van der Waals surface area contributed by atoms with Crippen LogP contribution in [-0.4, -0.2) is 18.6 Å². The summed E-state index contributed by atoms with van der Waals surface area (Å²) in [5.74, 6) is 0.554. The van der Waals surface area contributed by atoms with Gasteiger partial charge in [0, 0.05) is 23.9 Å². The maximum absolute atomic E-state index is 13.3. The quantitative estimate of drug-likeness (QED) is 0.611. The Morgan fingerprint density at radius 2 is 1.82 bits per heavy atom. The van der Waals surface area contributed by atoms with E-state index >= 15 is 0 Å². The number of ketones is 1. The number of likely N-dealkylation sites (N-methyl/N-ethyl adjacent to an activating group) is 1. The molecule has 146 valence electrons. The molecule has 0 bridgehead atoms. The highest BCUT2D eigenvalue weighted by Gasteiger charge is 2.58. The third-order valence-corrected chi connectivity index (χ3v) is 5.92. The van der Waals surface area contributed by atoms with Crippen molar-refractivity contribution in [1.82, 2.24) is 0 Å². The predicted molar refractivity (Wildman–Crippen MR) is 102 cm³/mol. The summed E-state index contributed by atoms with van der Waals surface area (Å²) in [5, 5.41) is 0. The van der Waals surface area contributed by atoms with E-state index in [9.17, 15) is 18.0 Å².